The first-order valence-corrected chi connectivity index (χ1v) is 11.4. The Morgan fingerprint density at radius 3 is 2.71 bits per heavy atom. The summed E-state index contributed by atoms with van der Waals surface area (Å²) in [6, 6.07) is 7.58. The Morgan fingerprint density at radius 1 is 1.16 bits per heavy atom. The van der Waals surface area contributed by atoms with Crippen molar-refractivity contribution in [1.82, 2.24) is 15.0 Å². The maximum Gasteiger partial charge on any atom is 0.147 e. The summed E-state index contributed by atoms with van der Waals surface area (Å²) in [5.41, 5.74) is 9.49. The number of nitrogens with two attached hydrogens (primary N) is 1. The van der Waals surface area contributed by atoms with E-state index >= 15 is 0 Å². The molecule has 1 aromatic carbocycles. The summed E-state index contributed by atoms with van der Waals surface area (Å²) in [5.74, 6) is 0. The van der Waals surface area contributed by atoms with Crippen LogP contribution < -0.4 is 5.73 Å². The van der Waals surface area contributed by atoms with Crippen molar-refractivity contribution in [3.8, 4) is 21.7 Å². The number of pyridine rings is 1. The summed E-state index contributed by atoms with van der Waals surface area (Å²) in [5, 5.41) is 2.96. The summed E-state index contributed by atoms with van der Waals surface area (Å²) in [6.45, 7) is 0.250. The number of benzene rings is 1. The van der Waals surface area contributed by atoms with Gasteiger partial charge < -0.3 is 20.2 Å². The highest BCUT2D eigenvalue weighted by Gasteiger charge is 2.42. The van der Waals surface area contributed by atoms with E-state index in [0.29, 0.717) is 15.7 Å². The lowest BCUT2D eigenvalue weighted by atomic mass is 9.80. The van der Waals surface area contributed by atoms with Crippen LogP contribution in [0.2, 0.25) is 10.0 Å². The minimum atomic E-state index is -0.360. The second-order valence-electron chi connectivity index (χ2n) is 7.59. The second-order valence-corrected chi connectivity index (χ2v) is 9.44. The Kier molecular flexibility index (Phi) is 5.40. The lowest BCUT2D eigenvalue weighted by molar-refractivity contribution is -0.171. The minimum Gasteiger partial charge on any atom is -0.398 e. The summed E-state index contributed by atoms with van der Waals surface area (Å²) >= 11 is 14.4. The molecule has 1 aliphatic rings. The third-order valence-corrected chi connectivity index (χ3v) is 7.49. The van der Waals surface area contributed by atoms with E-state index in [2.05, 4.69) is 9.97 Å². The molecule has 4 aromatic rings. The zero-order chi connectivity index (χ0) is 21.6. The van der Waals surface area contributed by atoms with Gasteiger partial charge in [-0.2, -0.15) is 0 Å². The number of aromatic amines is 1. The van der Waals surface area contributed by atoms with Gasteiger partial charge in [-0.3, -0.25) is 0 Å². The first-order valence-electron chi connectivity index (χ1n) is 9.83. The molecule has 0 spiro atoms. The number of aromatic nitrogens is 3. The van der Waals surface area contributed by atoms with Crippen LogP contribution in [0.15, 0.2) is 36.7 Å². The fraction of sp³-hybridized carbons (Fsp3) is 0.273. The molecule has 3 N–H and O–H groups in total. The van der Waals surface area contributed by atoms with Crippen LogP contribution in [0, 0.1) is 0 Å². The molecule has 0 radical (unpaired) electrons. The van der Waals surface area contributed by atoms with E-state index in [1.807, 2.05) is 24.4 Å². The smallest absolute Gasteiger partial charge is 0.147 e. The number of hydrogen-bond donors (Lipinski definition) is 2. The van der Waals surface area contributed by atoms with E-state index in [0.717, 1.165) is 57.0 Å². The van der Waals surface area contributed by atoms with Crippen LogP contribution in [0.4, 0.5) is 5.69 Å². The van der Waals surface area contributed by atoms with Crippen LogP contribution in [-0.2, 0) is 15.1 Å². The zero-order valence-corrected chi connectivity index (χ0v) is 19.1. The van der Waals surface area contributed by atoms with Gasteiger partial charge in [0, 0.05) is 36.1 Å². The van der Waals surface area contributed by atoms with E-state index in [-0.39, 0.29) is 12.4 Å². The zero-order valence-electron chi connectivity index (χ0n) is 16.7. The fourth-order valence-electron chi connectivity index (χ4n) is 3.84. The minimum absolute atomic E-state index is 0.250. The maximum absolute atomic E-state index is 6.61. The van der Waals surface area contributed by atoms with Crippen LogP contribution in [0.25, 0.3) is 32.7 Å². The van der Waals surface area contributed by atoms with Gasteiger partial charge in [-0.25, -0.2) is 9.97 Å². The highest BCUT2D eigenvalue weighted by Crippen LogP contribution is 2.48. The van der Waals surface area contributed by atoms with Crippen molar-refractivity contribution in [2.45, 2.75) is 24.9 Å². The van der Waals surface area contributed by atoms with Gasteiger partial charge in [0.15, 0.2) is 0 Å². The average Bonchev–Trinajstić information content (AvgIpc) is 3.37. The molecule has 0 atom stereocenters. The van der Waals surface area contributed by atoms with Gasteiger partial charge in [0.25, 0.3) is 0 Å². The molecule has 3 aromatic heterocycles. The predicted molar refractivity (Wildman–Crippen MR) is 126 cm³/mol. The lowest BCUT2D eigenvalue weighted by Crippen LogP contribution is -2.37. The highest BCUT2D eigenvalue weighted by atomic mass is 35.5. The third kappa shape index (κ3) is 3.60. The Balaban J connectivity index is 1.57. The van der Waals surface area contributed by atoms with Crippen LogP contribution in [0.5, 0.6) is 0 Å². The second kappa shape index (κ2) is 8.07. The van der Waals surface area contributed by atoms with Crippen LogP contribution >= 0.6 is 34.5 Å². The van der Waals surface area contributed by atoms with Gasteiger partial charge in [-0.05, 0) is 43.0 Å². The number of nitrogens with zero attached hydrogens (tertiary/aromatic N) is 2. The fourth-order valence-corrected chi connectivity index (χ4v) is 5.52. The summed E-state index contributed by atoms with van der Waals surface area (Å²) < 4.78 is 11.1. The molecule has 0 bridgehead atoms. The first-order chi connectivity index (χ1) is 15.0. The third-order valence-electron chi connectivity index (χ3n) is 5.68. The average molecular weight is 475 g/mol. The number of fused-ring (bicyclic) bond motifs is 1. The van der Waals surface area contributed by atoms with Crippen LogP contribution in [0.3, 0.4) is 0 Å². The number of halogens is 2. The number of hydrogen-bond acceptors (Lipinski definition) is 6. The van der Waals surface area contributed by atoms with E-state index in [1.165, 1.54) is 0 Å². The largest absolute Gasteiger partial charge is 0.398 e. The van der Waals surface area contributed by atoms with Crippen molar-refractivity contribution in [3.05, 3.63) is 51.7 Å². The molecule has 9 heteroatoms. The van der Waals surface area contributed by atoms with E-state index in [9.17, 15) is 0 Å². The number of H-pyrrole nitrogens is 1. The Labute approximate surface area is 193 Å². The standard InChI is InChI=1S/C22H20Cl2N4O2S/c1-29-11-30-22(5-2-6-22)21-27-10-18(31-21)19-13-8-17(28-20(13)26-9-15(19)24)12-3-4-16(25)14(23)7-12/h3-4,7-10H,2,5-6,11,25H2,1H3,(H,26,28). The molecular weight excluding hydrogens is 455 g/mol. The van der Waals surface area contributed by atoms with Gasteiger partial charge in [0.1, 0.15) is 23.0 Å². The molecule has 3 heterocycles. The predicted octanol–water partition coefficient (Wildman–Crippen LogP) is 6.24. The number of nitrogens with one attached hydrogen (secondary N) is 1. The number of rotatable bonds is 6. The number of ether oxygens (including phenoxy) is 2. The van der Waals surface area contributed by atoms with Gasteiger partial charge in [-0.15, -0.1) is 11.3 Å². The Hall–Kier alpha value is -2.16. The van der Waals surface area contributed by atoms with E-state index in [1.54, 1.807) is 30.7 Å². The van der Waals surface area contributed by atoms with Crippen molar-refractivity contribution in [2.75, 3.05) is 19.6 Å². The van der Waals surface area contributed by atoms with Crippen LogP contribution in [-0.4, -0.2) is 28.9 Å². The molecule has 0 aliphatic heterocycles. The van der Waals surface area contributed by atoms with Gasteiger partial charge in [0.05, 0.1) is 20.6 Å². The molecule has 1 fully saturated rings. The number of methoxy groups -OCH3 is 1. The number of nitrogen functional groups attached to an aromatic ring is 1. The van der Waals surface area contributed by atoms with E-state index < -0.39 is 0 Å². The molecule has 31 heavy (non-hydrogen) atoms. The monoisotopic (exact) mass is 474 g/mol. The molecule has 5 rings (SSSR count). The van der Waals surface area contributed by atoms with Gasteiger partial charge >= 0.3 is 0 Å². The van der Waals surface area contributed by atoms with Crippen molar-refractivity contribution in [3.63, 3.8) is 0 Å². The quantitative estimate of drug-likeness (QED) is 0.255. The van der Waals surface area contributed by atoms with Crippen LogP contribution in [0.1, 0.15) is 24.3 Å². The summed E-state index contributed by atoms with van der Waals surface area (Å²) in [4.78, 5) is 13.5. The van der Waals surface area contributed by atoms with Crippen molar-refractivity contribution >= 4 is 51.3 Å². The van der Waals surface area contributed by atoms with Crippen molar-refractivity contribution < 1.29 is 9.47 Å². The molecule has 1 saturated carbocycles. The molecule has 6 nitrogen and oxygen atoms in total. The molecule has 160 valence electrons. The van der Waals surface area contributed by atoms with Crippen molar-refractivity contribution in [1.29, 1.82) is 0 Å². The SMILES string of the molecule is COCOC1(c2ncc(-c3c(Cl)cnc4[nH]c(-c5ccc(N)c(Cl)c5)cc34)s2)CCC1. The highest BCUT2D eigenvalue weighted by molar-refractivity contribution is 7.15. The maximum atomic E-state index is 6.61. The van der Waals surface area contributed by atoms with Crippen molar-refractivity contribution in [2.24, 2.45) is 0 Å². The van der Waals surface area contributed by atoms with E-state index in [4.69, 9.17) is 43.4 Å². The summed E-state index contributed by atoms with van der Waals surface area (Å²) in [6.07, 6.45) is 6.52. The van der Waals surface area contributed by atoms with Gasteiger partial charge in [-0.1, -0.05) is 29.3 Å². The Bertz CT molecular complexity index is 1270. The summed E-state index contributed by atoms with van der Waals surface area (Å²) in [7, 11) is 1.63. The normalized spacial score (nSPS) is 15.3. The molecule has 0 amide bonds. The number of thiazole rings is 1. The molecule has 1 aliphatic carbocycles. The topological polar surface area (TPSA) is 86.0 Å². The first kappa shape index (κ1) is 20.7. The number of anilines is 1. The molecule has 0 saturated heterocycles. The molecular formula is C22H20Cl2N4O2S. The molecule has 0 unspecified atom stereocenters. The Morgan fingerprint density at radius 2 is 2.00 bits per heavy atom. The lowest BCUT2D eigenvalue weighted by Gasteiger charge is -2.39. The van der Waals surface area contributed by atoms with Gasteiger partial charge in [0.2, 0.25) is 0 Å².